The van der Waals surface area contributed by atoms with Crippen LogP contribution >= 0.6 is 23.4 Å². The van der Waals surface area contributed by atoms with Crippen molar-refractivity contribution >= 4 is 29.3 Å². The second kappa shape index (κ2) is 7.62. The van der Waals surface area contributed by atoms with Crippen LogP contribution in [0.15, 0.2) is 52.2 Å². The second-order valence-corrected chi connectivity index (χ2v) is 6.93. The number of nitrogen functional groups attached to an aromatic ring is 1. The van der Waals surface area contributed by atoms with Crippen molar-refractivity contribution in [3.05, 3.63) is 53.4 Å². The van der Waals surface area contributed by atoms with Crippen LogP contribution in [0.2, 0.25) is 5.02 Å². The van der Waals surface area contributed by atoms with Crippen LogP contribution in [0.3, 0.4) is 0 Å². The zero-order chi connectivity index (χ0) is 17.8. The Hall–Kier alpha value is -2.45. The molecule has 0 aliphatic heterocycles. The SMILES string of the molecule is C[C@@H](Sc1nnc(-c2ccccc2Cl)n1N)C(=O)NCc1ccco1. The maximum Gasteiger partial charge on any atom is 0.233 e. The van der Waals surface area contributed by atoms with Gasteiger partial charge in [0.2, 0.25) is 11.1 Å². The van der Waals surface area contributed by atoms with Gasteiger partial charge in [-0.1, -0.05) is 35.5 Å². The molecule has 130 valence electrons. The summed E-state index contributed by atoms with van der Waals surface area (Å²) in [6.45, 7) is 2.10. The third kappa shape index (κ3) is 3.97. The molecule has 1 atom stereocenters. The largest absolute Gasteiger partial charge is 0.467 e. The molecule has 1 amide bonds. The molecule has 0 saturated carbocycles. The molecule has 0 unspecified atom stereocenters. The van der Waals surface area contributed by atoms with E-state index in [-0.39, 0.29) is 5.91 Å². The van der Waals surface area contributed by atoms with Gasteiger partial charge in [0.1, 0.15) is 5.76 Å². The fraction of sp³-hybridized carbons (Fsp3) is 0.188. The number of hydrogen-bond donors (Lipinski definition) is 2. The maximum atomic E-state index is 12.2. The van der Waals surface area contributed by atoms with Crippen molar-refractivity contribution in [2.45, 2.75) is 23.9 Å². The minimum Gasteiger partial charge on any atom is -0.467 e. The number of furan rings is 1. The molecule has 0 radical (unpaired) electrons. The van der Waals surface area contributed by atoms with Crippen molar-refractivity contribution in [3.8, 4) is 11.4 Å². The van der Waals surface area contributed by atoms with Crippen molar-refractivity contribution in [2.75, 3.05) is 5.84 Å². The van der Waals surface area contributed by atoms with Gasteiger partial charge < -0.3 is 15.6 Å². The Labute approximate surface area is 153 Å². The van der Waals surface area contributed by atoms with E-state index in [2.05, 4.69) is 15.5 Å². The Balaban J connectivity index is 1.67. The quantitative estimate of drug-likeness (QED) is 0.506. The summed E-state index contributed by atoms with van der Waals surface area (Å²) >= 11 is 7.39. The molecule has 0 spiro atoms. The highest BCUT2D eigenvalue weighted by Gasteiger charge is 2.20. The Kier molecular flexibility index (Phi) is 5.30. The summed E-state index contributed by atoms with van der Waals surface area (Å²) in [5, 5.41) is 11.5. The summed E-state index contributed by atoms with van der Waals surface area (Å²) in [6.07, 6.45) is 1.56. The van der Waals surface area contributed by atoms with Gasteiger partial charge in [-0.05, 0) is 31.2 Å². The van der Waals surface area contributed by atoms with Gasteiger partial charge in [-0.3, -0.25) is 4.79 Å². The van der Waals surface area contributed by atoms with Crippen molar-refractivity contribution < 1.29 is 9.21 Å². The van der Waals surface area contributed by atoms with Gasteiger partial charge >= 0.3 is 0 Å². The first-order valence-electron chi connectivity index (χ1n) is 7.48. The summed E-state index contributed by atoms with van der Waals surface area (Å²) in [6, 6.07) is 10.8. The number of halogens is 1. The molecule has 0 aliphatic rings. The van der Waals surface area contributed by atoms with Crippen molar-refractivity contribution in [2.24, 2.45) is 0 Å². The standard InChI is InChI=1S/C16H16ClN5O2S/c1-10(15(23)19-9-11-5-4-8-24-11)25-16-21-20-14(22(16)18)12-6-2-3-7-13(12)17/h2-8,10H,9,18H2,1H3,(H,19,23)/t10-/m1/s1. The minimum absolute atomic E-state index is 0.149. The molecule has 3 rings (SSSR count). The average molecular weight is 378 g/mol. The summed E-state index contributed by atoms with van der Waals surface area (Å²) < 4.78 is 6.52. The van der Waals surface area contributed by atoms with Gasteiger partial charge in [-0.25, -0.2) is 4.68 Å². The van der Waals surface area contributed by atoms with Gasteiger partial charge in [-0.2, -0.15) is 0 Å². The van der Waals surface area contributed by atoms with Crippen LogP contribution in [-0.2, 0) is 11.3 Å². The molecule has 3 N–H and O–H groups in total. The number of thioether (sulfide) groups is 1. The Morgan fingerprint density at radius 3 is 2.88 bits per heavy atom. The zero-order valence-corrected chi connectivity index (χ0v) is 14.9. The number of carbonyl (C=O) groups excluding carboxylic acids is 1. The van der Waals surface area contributed by atoms with Crippen LogP contribution in [0.4, 0.5) is 0 Å². The van der Waals surface area contributed by atoms with Crippen LogP contribution < -0.4 is 11.2 Å². The Morgan fingerprint density at radius 2 is 2.16 bits per heavy atom. The molecular formula is C16H16ClN5O2S. The number of benzene rings is 1. The van der Waals surface area contributed by atoms with E-state index in [0.29, 0.717) is 33.9 Å². The molecule has 25 heavy (non-hydrogen) atoms. The zero-order valence-electron chi connectivity index (χ0n) is 13.3. The minimum atomic E-state index is -0.402. The Morgan fingerprint density at radius 1 is 1.36 bits per heavy atom. The molecule has 0 saturated heterocycles. The highest BCUT2D eigenvalue weighted by molar-refractivity contribution is 8.00. The van der Waals surface area contributed by atoms with Crippen LogP contribution in [-0.4, -0.2) is 26.0 Å². The van der Waals surface area contributed by atoms with Gasteiger partial charge in [0.25, 0.3) is 0 Å². The fourth-order valence-electron chi connectivity index (χ4n) is 2.13. The maximum absolute atomic E-state index is 12.2. The molecular weight excluding hydrogens is 362 g/mol. The summed E-state index contributed by atoms with van der Waals surface area (Å²) in [7, 11) is 0. The molecule has 2 aromatic heterocycles. The van der Waals surface area contributed by atoms with E-state index in [1.807, 2.05) is 18.2 Å². The highest BCUT2D eigenvalue weighted by atomic mass is 35.5. The molecule has 3 aromatic rings. The molecule has 7 nitrogen and oxygen atoms in total. The summed E-state index contributed by atoms with van der Waals surface area (Å²) in [5.74, 6) is 7.05. The number of carbonyl (C=O) groups is 1. The normalized spacial score (nSPS) is 12.1. The van der Waals surface area contributed by atoms with E-state index in [0.717, 1.165) is 0 Å². The number of amides is 1. The van der Waals surface area contributed by atoms with E-state index in [1.54, 1.807) is 31.4 Å². The smallest absolute Gasteiger partial charge is 0.233 e. The lowest BCUT2D eigenvalue weighted by Crippen LogP contribution is -2.30. The number of aromatic nitrogens is 3. The van der Waals surface area contributed by atoms with Gasteiger partial charge in [0, 0.05) is 5.56 Å². The highest BCUT2D eigenvalue weighted by Crippen LogP contribution is 2.28. The molecule has 0 aliphatic carbocycles. The van der Waals surface area contributed by atoms with E-state index >= 15 is 0 Å². The number of nitrogens with one attached hydrogen (secondary N) is 1. The first-order chi connectivity index (χ1) is 12.1. The summed E-state index contributed by atoms with van der Waals surface area (Å²) in [5.41, 5.74) is 0.681. The van der Waals surface area contributed by atoms with Crippen molar-refractivity contribution in [1.29, 1.82) is 0 Å². The molecule has 1 aromatic carbocycles. The van der Waals surface area contributed by atoms with E-state index in [9.17, 15) is 4.79 Å². The van der Waals surface area contributed by atoms with Crippen LogP contribution in [0.25, 0.3) is 11.4 Å². The number of hydrogen-bond acceptors (Lipinski definition) is 6. The molecule has 2 heterocycles. The molecule has 0 bridgehead atoms. The monoisotopic (exact) mass is 377 g/mol. The Bertz CT molecular complexity index is 865. The van der Waals surface area contributed by atoms with E-state index in [1.165, 1.54) is 16.4 Å². The van der Waals surface area contributed by atoms with Crippen LogP contribution in [0.1, 0.15) is 12.7 Å². The van der Waals surface area contributed by atoms with Gasteiger partial charge in [0.15, 0.2) is 5.82 Å². The lowest BCUT2D eigenvalue weighted by Gasteiger charge is -2.11. The van der Waals surface area contributed by atoms with Crippen molar-refractivity contribution in [1.82, 2.24) is 20.2 Å². The predicted octanol–water partition coefficient (Wildman–Crippen LogP) is 2.70. The predicted molar refractivity (Wildman–Crippen MR) is 96.5 cm³/mol. The van der Waals surface area contributed by atoms with E-state index in [4.69, 9.17) is 21.9 Å². The fourth-order valence-corrected chi connectivity index (χ4v) is 3.14. The number of nitrogens with two attached hydrogens (primary N) is 1. The number of nitrogens with zero attached hydrogens (tertiary/aromatic N) is 3. The van der Waals surface area contributed by atoms with Crippen LogP contribution in [0.5, 0.6) is 0 Å². The van der Waals surface area contributed by atoms with Crippen LogP contribution in [0, 0.1) is 0 Å². The third-order valence-corrected chi connectivity index (χ3v) is 4.83. The molecule has 9 heteroatoms. The third-order valence-electron chi connectivity index (χ3n) is 3.45. The van der Waals surface area contributed by atoms with E-state index < -0.39 is 5.25 Å². The lowest BCUT2D eigenvalue weighted by atomic mass is 10.2. The number of rotatable bonds is 6. The van der Waals surface area contributed by atoms with Gasteiger partial charge in [-0.15, -0.1) is 10.2 Å². The average Bonchev–Trinajstić information content (AvgIpc) is 3.24. The summed E-state index contributed by atoms with van der Waals surface area (Å²) in [4.78, 5) is 12.2. The lowest BCUT2D eigenvalue weighted by molar-refractivity contribution is -0.120. The first-order valence-corrected chi connectivity index (χ1v) is 8.74. The van der Waals surface area contributed by atoms with Crippen molar-refractivity contribution in [3.63, 3.8) is 0 Å². The van der Waals surface area contributed by atoms with Gasteiger partial charge in [0.05, 0.1) is 23.1 Å². The molecule has 0 fully saturated rings. The first kappa shape index (κ1) is 17.4. The second-order valence-electron chi connectivity index (χ2n) is 5.21. The topological polar surface area (TPSA) is 99.0 Å².